The van der Waals surface area contributed by atoms with E-state index < -0.39 is 5.41 Å². The van der Waals surface area contributed by atoms with Gasteiger partial charge in [-0.3, -0.25) is 4.79 Å². The molecule has 0 aromatic heterocycles. The van der Waals surface area contributed by atoms with Crippen LogP contribution in [0.2, 0.25) is 0 Å². The summed E-state index contributed by atoms with van der Waals surface area (Å²) in [5, 5.41) is 10.8. The van der Waals surface area contributed by atoms with E-state index in [0.717, 1.165) is 0 Å². The highest BCUT2D eigenvalue weighted by molar-refractivity contribution is 9.11. The summed E-state index contributed by atoms with van der Waals surface area (Å²) in [6.07, 6.45) is 0. The van der Waals surface area contributed by atoms with Crippen LogP contribution < -0.4 is 18.9 Å². The van der Waals surface area contributed by atoms with E-state index >= 15 is 0 Å². The largest absolute Gasteiger partial charge is 0.505 e. The third-order valence-electron chi connectivity index (χ3n) is 5.58. The van der Waals surface area contributed by atoms with Gasteiger partial charge in [0.25, 0.3) is 0 Å². The lowest BCUT2D eigenvalue weighted by Gasteiger charge is -2.35. The van der Waals surface area contributed by atoms with Crippen molar-refractivity contribution in [3.8, 4) is 28.7 Å². The second-order valence-electron chi connectivity index (χ2n) is 8.51. The van der Waals surface area contributed by atoms with Gasteiger partial charge >= 0.3 is 0 Å². The zero-order chi connectivity index (χ0) is 28.2. The molecule has 0 saturated carbocycles. The summed E-state index contributed by atoms with van der Waals surface area (Å²) in [7, 11) is 0. The number of carbonyl (C=O) groups excluding carboxylic acids is 1. The first-order valence-electron chi connectivity index (χ1n) is 11.8. The third-order valence-corrected chi connectivity index (χ3v) is 8.56. The monoisotopic (exact) mass is 768 g/mol. The SMILES string of the molecule is C=C(C)C(=O)c1c(Br)c(OCC)c(C(C)(C)c2c(OCC)c(Br)c(O)c(Br)c2OCC)c(OCC)c1Br. The molecule has 2 rings (SSSR count). The average Bonchev–Trinajstić information content (AvgIpc) is 2.83. The molecule has 0 fully saturated rings. The highest BCUT2D eigenvalue weighted by Gasteiger charge is 2.42. The molecule has 0 amide bonds. The number of hydrogen-bond acceptors (Lipinski definition) is 6. The van der Waals surface area contributed by atoms with Crippen LogP contribution in [0.4, 0.5) is 0 Å². The number of ketones is 1. The number of halogens is 4. The lowest BCUT2D eigenvalue weighted by atomic mass is 9.75. The predicted molar refractivity (Wildman–Crippen MR) is 161 cm³/mol. The summed E-state index contributed by atoms with van der Waals surface area (Å²) < 4.78 is 26.3. The summed E-state index contributed by atoms with van der Waals surface area (Å²) in [6.45, 7) is 18.3. The van der Waals surface area contributed by atoms with E-state index in [1.807, 2.05) is 41.5 Å². The van der Waals surface area contributed by atoms with E-state index in [4.69, 9.17) is 18.9 Å². The van der Waals surface area contributed by atoms with Gasteiger partial charge in [-0.1, -0.05) is 20.4 Å². The topological polar surface area (TPSA) is 74.2 Å². The van der Waals surface area contributed by atoms with E-state index in [2.05, 4.69) is 70.3 Å². The fraction of sp³-hybridized carbons (Fsp3) is 0.444. The van der Waals surface area contributed by atoms with Gasteiger partial charge in [-0.2, -0.15) is 0 Å². The quantitative estimate of drug-likeness (QED) is 0.172. The number of benzene rings is 2. The molecule has 0 bridgehead atoms. The minimum Gasteiger partial charge on any atom is -0.505 e. The molecule has 1 N–H and O–H groups in total. The number of allylic oxidation sites excluding steroid dienone is 1. The number of rotatable bonds is 12. The number of Topliss-reactive ketones (excluding diaryl/α,β-unsaturated/α-hetero) is 1. The van der Waals surface area contributed by atoms with Crippen LogP contribution in [-0.4, -0.2) is 37.3 Å². The molecule has 0 heterocycles. The Labute approximate surface area is 252 Å². The zero-order valence-electron chi connectivity index (χ0n) is 22.0. The number of ether oxygens (including phenoxy) is 4. The average molecular weight is 772 g/mol. The normalized spacial score (nSPS) is 11.3. The number of carbonyl (C=O) groups is 1. The summed E-state index contributed by atoms with van der Waals surface area (Å²) in [5.74, 6) is 1.48. The molecule has 0 atom stereocenters. The predicted octanol–water partition coefficient (Wildman–Crippen LogP) is 9.12. The van der Waals surface area contributed by atoms with Crippen molar-refractivity contribution in [2.45, 2.75) is 53.9 Å². The third kappa shape index (κ3) is 6.02. The van der Waals surface area contributed by atoms with Crippen molar-refractivity contribution in [1.82, 2.24) is 0 Å². The van der Waals surface area contributed by atoms with Gasteiger partial charge in [-0.15, -0.1) is 0 Å². The van der Waals surface area contributed by atoms with Crippen LogP contribution in [0.1, 0.15) is 70.0 Å². The maximum Gasteiger partial charge on any atom is 0.190 e. The number of phenolic OH excluding ortho intramolecular Hbond substituents is 1. The Balaban J connectivity index is 3.20. The van der Waals surface area contributed by atoms with Crippen LogP contribution in [-0.2, 0) is 5.41 Å². The Morgan fingerprint density at radius 3 is 1.30 bits per heavy atom. The van der Waals surface area contributed by atoms with E-state index in [0.29, 0.717) is 89.6 Å². The van der Waals surface area contributed by atoms with Crippen molar-refractivity contribution < 1.29 is 28.8 Å². The molecule has 0 saturated heterocycles. The van der Waals surface area contributed by atoms with Gasteiger partial charge in [0.15, 0.2) is 11.5 Å². The minimum atomic E-state index is -0.890. The standard InChI is InChI=1S/C27H32Br4O6/c1-9-34-23-15(24(35-10-2)18(29)14(17(23)28)21(32)13(5)6)27(7,8)16-25(36-11-3)19(30)22(33)20(31)26(16)37-12-4/h33H,5,9-12H2,1-4,6-8H3. The van der Waals surface area contributed by atoms with Gasteiger partial charge in [0.1, 0.15) is 31.9 Å². The number of phenols is 1. The molecule has 6 nitrogen and oxygen atoms in total. The molecule has 2 aromatic rings. The molecule has 2 aromatic carbocycles. The first kappa shape index (κ1) is 32.0. The second kappa shape index (κ2) is 13.2. The number of hydrogen-bond donors (Lipinski definition) is 1. The second-order valence-corrected chi connectivity index (χ2v) is 11.7. The summed E-state index contributed by atoms with van der Waals surface area (Å²) >= 11 is 14.3. The molecule has 0 aliphatic rings. The molecule has 37 heavy (non-hydrogen) atoms. The molecule has 0 radical (unpaired) electrons. The first-order valence-corrected chi connectivity index (χ1v) is 15.0. The molecule has 0 spiro atoms. The first-order chi connectivity index (χ1) is 17.3. The molecule has 0 aliphatic carbocycles. The minimum absolute atomic E-state index is 0.0359. The highest BCUT2D eigenvalue weighted by atomic mass is 79.9. The fourth-order valence-electron chi connectivity index (χ4n) is 4.07. The van der Waals surface area contributed by atoms with Crippen LogP contribution in [0.25, 0.3) is 0 Å². The Kier molecular flexibility index (Phi) is 11.4. The van der Waals surface area contributed by atoms with Crippen molar-refractivity contribution in [3.05, 3.63) is 46.7 Å². The van der Waals surface area contributed by atoms with Gasteiger partial charge in [0.2, 0.25) is 0 Å². The van der Waals surface area contributed by atoms with Crippen molar-refractivity contribution in [1.29, 1.82) is 0 Å². The maximum atomic E-state index is 13.2. The van der Waals surface area contributed by atoms with Crippen LogP contribution in [0, 0.1) is 0 Å². The van der Waals surface area contributed by atoms with E-state index in [-0.39, 0.29) is 11.5 Å². The fourth-order valence-corrected chi connectivity index (χ4v) is 7.01. The zero-order valence-corrected chi connectivity index (χ0v) is 28.4. The van der Waals surface area contributed by atoms with Crippen LogP contribution in [0.3, 0.4) is 0 Å². The molecule has 204 valence electrons. The molecule has 0 aliphatic heterocycles. The van der Waals surface area contributed by atoms with E-state index in [9.17, 15) is 9.90 Å². The number of aromatic hydroxyl groups is 1. The van der Waals surface area contributed by atoms with E-state index in [1.165, 1.54) is 0 Å². The highest BCUT2D eigenvalue weighted by Crippen LogP contribution is 2.59. The summed E-state index contributed by atoms with van der Waals surface area (Å²) in [6, 6.07) is 0. The summed E-state index contributed by atoms with van der Waals surface area (Å²) in [4.78, 5) is 13.2. The summed E-state index contributed by atoms with van der Waals surface area (Å²) in [5.41, 5.74) is 1.18. The van der Waals surface area contributed by atoms with Gasteiger partial charge < -0.3 is 24.1 Å². The van der Waals surface area contributed by atoms with Crippen molar-refractivity contribution >= 4 is 69.5 Å². The van der Waals surface area contributed by atoms with Gasteiger partial charge in [0, 0.05) is 16.5 Å². The molecule has 10 heteroatoms. The van der Waals surface area contributed by atoms with Gasteiger partial charge in [0.05, 0.1) is 40.9 Å². The Morgan fingerprint density at radius 2 is 1.03 bits per heavy atom. The van der Waals surface area contributed by atoms with Crippen LogP contribution in [0.15, 0.2) is 30.0 Å². The maximum absolute atomic E-state index is 13.2. The van der Waals surface area contributed by atoms with Crippen LogP contribution in [0.5, 0.6) is 28.7 Å². The van der Waals surface area contributed by atoms with Gasteiger partial charge in [-0.25, -0.2) is 0 Å². The Hall–Kier alpha value is -1.23. The lowest BCUT2D eigenvalue weighted by Crippen LogP contribution is -2.25. The van der Waals surface area contributed by atoms with Gasteiger partial charge in [-0.05, 0) is 104 Å². The molecular formula is C27H32Br4O6. The molecular weight excluding hydrogens is 740 g/mol. The molecule has 0 unspecified atom stereocenters. The van der Waals surface area contributed by atoms with Crippen molar-refractivity contribution in [2.24, 2.45) is 0 Å². The Bertz CT molecular complexity index is 1140. The van der Waals surface area contributed by atoms with E-state index in [1.54, 1.807) is 6.92 Å². The van der Waals surface area contributed by atoms with Crippen molar-refractivity contribution in [3.63, 3.8) is 0 Å². The van der Waals surface area contributed by atoms with Crippen molar-refractivity contribution in [2.75, 3.05) is 26.4 Å². The van der Waals surface area contributed by atoms with Crippen LogP contribution >= 0.6 is 63.7 Å². The lowest BCUT2D eigenvalue weighted by molar-refractivity contribution is 0.103. The Morgan fingerprint density at radius 1 is 0.730 bits per heavy atom. The smallest absolute Gasteiger partial charge is 0.190 e.